The first-order valence-electron chi connectivity index (χ1n) is 6.47. The summed E-state index contributed by atoms with van der Waals surface area (Å²) in [6.45, 7) is 2.10. The van der Waals surface area contributed by atoms with Crippen LogP contribution in [0, 0.1) is 0 Å². The Morgan fingerprint density at radius 2 is 2.21 bits per heavy atom. The summed E-state index contributed by atoms with van der Waals surface area (Å²) in [6, 6.07) is 6.00. The Balaban J connectivity index is 2.09. The van der Waals surface area contributed by atoms with Crippen molar-refractivity contribution in [3.05, 3.63) is 36.0 Å². The lowest BCUT2D eigenvalue weighted by Gasteiger charge is -2.21. The van der Waals surface area contributed by atoms with Crippen LogP contribution in [0.2, 0.25) is 0 Å². The van der Waals surface area contributed by atoms with Crippen LogP contribution in [0.3, 0.4) is 0 Å². The third kappa shape index (κ3) is 2.38. The van der Waals surface area contributed by atoms with Crippen LogP contribution in [0.4, 0.5) is 0 Å². The van der Waals surface area contributed by atoms with E-state index in [0.717, 1.165) is 29.9 Å². The average molecular weight is 274 g/mol. The molecule has 19 heavy (non-hydrogen) atoms. The van der Waals surface area contributed by atoms with Gasteiger partial charge >= 0.3 is 0 Å². The lowest BCUT2D eigenvalue weighted by molar-refractivity contribution is 0.370. The predicted octanol–water partition coefficient (Wildman–Crippen LogP) is 2.62. The first-order chi connectivity index (χ1) is 9.15. The molecular weight excluding hydrogens is 256 g/mol. The second kappa shape index (κ2) is 4.94. The number of benzene rings is 1. The number of nitrogens with one attached hydrogen (secondary N) is 1. The molecule has 100 valence electrons. The predicted molar refractivity (Wildman–Crippen MR) is 80.7 cm³/mol. The van der Waals surface area contributed by atoms with Gasteiger partial charge in [0.1, 0.15) is 0 Å². The van der Waals surface area contributed by atoms with Gasteiger partial charge < -0.3 is 9.88 Å². The van der Waals surface area contributed by atoms with Crippen molar-refractivity contribution in [1.82, 2.24) is 9.88 Å². The van der Waals surface area contributed by atoms with Crippen molar-refractivity contribution in [2.45, 2.75) is 11.3 Å². The molecular formula is C15H18N2OS. The Bertz CT molecular complexity index is 672. The Morgan fingerprint density at radius 1 is 1.37 bits per heavy atom. The summed E-state index contributed by atoms with van der Waals surface area (Å²) in [5.41, 5.74) is 3.77. The number of nitrogens with zero attached hydrogens (tertiary/aromatic N) is 1. The molecule has 2 aromatic rings. The Labute approximate surface area is 115 Å². The zero-order valence-electron chi connectivity index (χ0n) is 11.3. The average Bonchev–Trinajstić information content (AvgIpc) is 2.82. The van der Waals surface area contributed by atoms with Crippen LogP contribution < -0.4 is 0 Å². The summed E-state index contributed by atoms with van der Waals surface area (Å²) >= 11 is 0. The van der Waals surface area contributed by atoms with E-state index in [-0.39, 0.29) is 0 Å². The summed E-state index contributed by atoms with van der Waals surface area (Å²) < 4.78 is 11.6. The first-order valence-corrected chi connectivity index (χ1v) is 8.03. The van der Waals surface area contributed by atoms with Gasteiger partial charge in [0, 0.05) is 57.7 Å². The maximum atomic E-state index is 11.6. The van der Waals surface area contributed by atoms with Gasteiger partial charge in [-0.25, -0.2) is 0 Å². The molecule has 3 rings (SSSR count). The highest BCUT2D eigenvalue weighted by Gasteiger charge is 2.14. The van der Waals surface area contributed by atoms with Gasteiger partial charge in [-0.3, -0.25) is 4.21 Å². The van der Waals surface area contributed by atoms with Gasteiger partial charge in [-0.15, -0.1) is 0 Å². The maximum Gasteiger partial charge on any atom is 0.0498 e. The Hall–Kier alpha value is -1.39. The van der Waals surface area contributed by atoms with Gasteiger partial charge in [0.2, 0.25) is 0 Å². The largest absolute Gasteiger partial charge is 0.361 e. The summed E-state index contributed by atoms with van der Waals surface area (Å²) in [6.07, 6.45) is 7.16. The van der Waals surface area contributed by atoms with E-state index >= 15 is 0 Å². The minimum atomic E-state index is -0.930. The minimum Gasteiger partial charge on any atom is -0.361 e. The molecule has 2 heterocycles. The second-order valence-corrected chi connectivity index (χ2v) is 6.49. The minimum absolute atomic E-state index is 0.891. The molecule has 1 N–H and O–H groups in total. The quantitative estimate of drug-likeness (QED) is 0.914. The van der Waals surface area contributed by atoms with Crippen LogP contribution in [0.15, 0.2) is 35.4 Å². The topological polar surface area (TPSA) is 36.1 Å². The van der Waals surface area contributed by atoms with Gasteiger partial charge in [0.15, 0.2) is 0 Å². The highest BCUT2D eigenvalue weighted by Crippen LogP contribution is 2.30. The Morgan fingerprint density at radius 3 is 2.89 bits per heavy atom. The molecule has 1 aromatic carbocycles. The molecule has 0 saturated carbocycles. The van der Waals surface area contributed by atoms with E-state index < -0.39 is 10.8 Å². The molecule has 1 aliphatic rings. The van der Waals surface area contributed by atoms with Crippen molar-refractivity contribution in [3.8, 4) is 0 Å². The molecule has 1 aromatic heterocycles. The summed E-state index contributed by atoms with van der Waals surface area (Å²) in [5, 5.41) is 1.18. The number of likely N-dealkylation sites (N-methyl/N-ethyl adjacent to an activating group) is 1. The zero-order chi connectivity index (χ0) is 13.4. The van der Waals surface area contributed by atoms with E-state index in [1.165, 1.54) is 16.5 Å². The van der Waals surface area contributed by atoms with Crippen LogP contribution in [0.5, 0.6) is 0 Å². The van der Waals surface area contributed by atoms with E-state index in [1.54, 1.807) is 6.26 Å². The van der Waals surface area contributed by atoms with Crippen molar-refractivity contribution in [1.29, 1.82) is 0 Å². The van der Waals surface area contributed by atoms with Crippen molar-refractivity contribution < 1.29 is 4.21 Å². The molecule has 0 bridgehead atoms. The molecule has 1 aliphatic heterocycles. The molecule has 0 saturated heterocycles. The van der Waals surface area contributed by atoms with Crippen LogP contribution in [0.25, 0.3) is 16.5 Å². The van der Waals surface area contributed by atoms with Gasteiger partial charge in [0.05, 0.1) is 0 Å². The number of H-pyrrole nitrogens is 1. The van der Waals surface area contributed by atoms with Crippen molar-refractivity contribution in [3.63, 3.8) is 0 Å². The third-order valence-corrected chi connectivity index (χ3v) is 4.66. The van der Waals surface area contributed by atoms with Gasteiger partial charge in [-0.05, 0) is 37.2 Å². The molecule has 0 fully saturated rings. The standard InChI is InChI=1S/C15H18N2OS/c1-17-7-5-11(6-8-17)14-10-16-15-4-3-12(19(2)18)9-13(14)15/h3-5,9-10,16H,6-8H2,1-2H3/t19-/m0/s1. The van der Waals surface area contributed by atoms with E-state index in [2.05, 4.69) is 35.3 Å². The molecule has 0 aliphatic carbocycles. The maximum absolute atomic E-state index is 11.6. The van der Waals surface area contributed by atoms with Crippen LogP contribution >= 0.6 is 0 Å². The molecule has 0 spiro atoms. The van der Waals surface area contributed by atoms with E-state index in [9.17, 15) is 4.21 Å². The Kier molecular flexibility index (Phi) is 3.29. The summed E-state index contributed by atoms with van der Waals surface area (Å²) in [7, 11) is 1.21. The number of aromatic amines is 1. The lowest BCUT2D eigenvalue weighted by atomic mass is 9.99. The fourth-order valence-corrected chi connectivity index (χ4v) is 3.10. The number of rotatable bonds is 2. The van der Waals surface area contributed by atoms with E-state index in [4.69, 9.17) is 0 Å². The fourth-order valence-electron chi connectivity index (χ4n) is 2.56. The molecule has 1 atom stereocenters. The number of hydrogen-bond acceptors (Lipinski definition) is 2. The molecule has 0 unspecified atom stereocenters. The smallest absolute Gasteiger partial charge is 0.0498 e. The lowest BCUT2D eigenvalue weighted by Crippen LogP contribution is -2.23. The van der Waals surface area contributed by atoms with Crippen molar-refractivity contribution in [2.75, 3.05) is 26.4 Å². The summed E-state index contributed by atoms with van der Waals surface area (Å²) in [5.74, 6) is 0. The molecule has 4 heteroatoms. The van der Waals surface area contributed by atoms with Crippen LogP contribution in [0.1, 0.15) is 12.0 Å². The first kappa shape index (κ1) is 12.6. The fraction of sp³-hybridized carbons (Fsp3) is 0.333. The van der Waals surface area contributed by atoms with Gasteiger partial charge in [0.25, 0.3) is 0 Å². The van der Waals surface area contributed by atoms with Gasteiger partial charge in [-0.1, -0.05) is 6.08 Å². The second-order valence-electron chi connectivity index (χ2n) is 5.11. The normalized spacial score (nSPS) is 18.5. The number of hydrogen-bond donors (Lipinski definition) is 1. The molecule has 0 amide bonds. The number of fused-ring (bicyclic) bond motifs is 1. The SMILES string of the molecule is CN1CC=C(c2c[nH]c3ccc([S@](C)=O)cc23)CC1. The van der Waals surface area contributed by atoms with E-state index in [0.29, 0.717) is 0 Å². The molecule has 3 nitrogen and oxygen atoms in total. The van der Waals surface area contributed by atoms with Crippen molar-refractivity contribution >= 4 is 27.3 Å². The van der Waals surface area contributed by atoms with Crippen LogP contribution in [-0.2, 0) is 10.8 Å². The van der Waals surface area contributed by atoms with Crippen LogP contribution in [-0.4, -0.2) is 40.5 Å². The highest BCUT2D eigenvalue weighted by molar-refractivity contribution is 7.84. The zero-order valence-corrected chi connectivity index (χ0v) is 12.1. The summed E-state index contributed by atoms with van der Waals surface area (Å²) in [4.78, 5) is 6.51. The van der Waals surface area contributed by atoms with Crippen molar-refractivity contribution in [2.24, 2.45) is 0 Å². The monoisotopic (exact) mass is 274 g/mol. The van der Waals surface area contributed by atoms with E-state index in [1.807, 2.05) is 12.1 Å². The highest BCUT2D eigenvalue weighted by atomic mass is 32.2. The molecule has 0 radical (unpaired) electrons. The van der Waals surface area contributed by atoms with Gasteiger partial charge in [-0.2, -0.15) is 0 Å². The number of aromatic nitrogens is 1. The third-order valence-electron chi connectivity index (χ3n) is 3.74.